The Kier molecular flexibility index (Phi) is 7.24. The molecule has 0 spiro atoms. The minimum absolute atomic E-state index is 0.0183. The Balaban J connectivity index is 3.20. The van der Waals surface area contributed by atoms with E-state index in [2.05, 4.69) is 6.58 Å². The number of nitrogens with zero attached hydrogens (tertiary/aromatic N) is 1. The Morgan fingerprint density at radius 1 is 1.32 bits per heavy atom. The van der Waals surface area contributed by atoms with E-state index in [1.165, 1.54) is 25.6 Å². The van der Waals surface area contributed by atoms with E-state index in [9.17, 15) is 24.3 Å². The molecular formula is C13H15NO5S3. The number of aliphatic carboxylic acids is 1. The molecule has 1 fully saturated rings. The van der Waals surface area contributed by atoms with Gasteiger partial charge in [0.15, 0.2) is 15.9 Å². The van der Waals surface area contributed by atoms with E-state index >= 15 is 0 Å². The number of thioether (sulfide) groups is 3. The molecule has 0 aliphatic carbocycles. The molecule has 1 atom stereocenters. The molecule has 0 bridgehead atoms. The molecule has 1 unspecified atom stereocenters. The maximum Gasteiger partial charge on any atom is 0.354 e. The highest BCUT2D eigenvalue weighted by atomic mass is 32.2. The predicted octanol–water partition coefficient (Wildman–Crippen LogP) is 2.28. The van der Waals surface area contributed by atoms with Crippen LogP contribution in [0.15, 0.2) is 22.6 Å². The van der Waals surface area contributed by atoms with Gasteiger partial charge >= 0.3 is 5.97 Å². The number of carbonyl (C=O) groups is 4. The standard InChI is InChI=1S/C13H15NO5S3/c1-4-5-20-10-6-9(17)14(10)11(12(18)19)13(21-7(2)15)22-8(3)16/h4,10H,1,5-6H2,2-3H3,(H,18,19). The summed E-state index contributed by atoms with van der Waals surface area (Å²) >= 11 is 2.67. The molecule has 120 valence electrons. The van der Waals surface area contributed by atoms with Gasteiger partial charge in [-0.1, -0.05) is 6.08 Å². The van der Waals surface area contributed by atoms with Gasteiger partial charge in [-0.25, -0.2) is 4.79 Å². The Labute approximate surface area is 140 Å². The predicted molar refractivity (Wildman–Crippen MR) is 89.1 cm³/mol. The molecule has 9 heteroatoms. The number of carboxylic acids is 1. The Morgan fingerprint density at radius 3 is 2.23 bits per heavy atom. The number of carbonyl (C=O) groups excluding carboxylic acids is 3. The minimum atomic E-state index is -1.34. The summed E-state index contributed by atoms with van der Waals surface area (Å²) in [6.45, 7) is 6.12. The highest BCUT2D eigenvalue weighted by molar-refractivity contribution is 8.34. The first-order valence-electron chi connectivity index (χ1n) is 6.16. The molecule has 0 aromatic rings. The molecule has 0 aromatic heterocycles. The summed E-state index contributed by atoms with van der Waals surface area (Å²) < 4.78 is 0.0183. The van der Waals surface area contributed by atoms with E-state index in [-0.39, 0.29) is 37.9 Å². The molecule has 1 heterocycles. The average molecular weight is 361 g/mol. The second-order valence-corrected chi connectivity index (χ2v) is 8.02. The summed E-state index contributed by atoms with van der Waals surface area (Å²) in [5.74, 6) is -1.12. The third kappa shape index (κ3) is 4.92. The van der Waals surface area contributed by atoms with Crippen molar-refractivity contribution in [3.8, 4) is 0 Å². The Bertz CT molecular complexity index is 540. The van der Waals surface area contributed by atoms with E-state index in [1.807, 2.05) is 0 Å². The van der Waals surface area contributed by atoms with Gasteiger partial charge in [0.25, 0.3) is 0 Å². The van der Waals surface area contributed by atoms with Gasteiger partial charge in [0.2, 0.25) is 5.91 Å². The zero-order chi connectivity index (χ0) is 16.9. The number of hydrogen-bond donors (Lipinski definition) is 1. The molecule has 1 aliphatic rings. The van der Waals surface area contributed by atoms with Crippen LogP contribution in [-0.4, -0.2) is 43.2 Å². The van der Waals surface area contributed by atoms with Crippen LogP contribution in [0.2, 0.25) is 0 Å². The summed E-state index contributed by atoms with van der Waals surface area (Å²) in [5, 5.41) is 8.40. The molecule has 1 N–H and O–H groups in total. The summed E-state index contributed by atoms with van der Waals surface area (Å²) in [6, 6.07) is 0. The van der Waals surface area contributed by atoms with Gasteiger partial charge < -0.3 is 5.11 Å². The largest absolute Gasteiger partial charge is 0.477 e. The Hall–Kier alpha value is -1.19. The lowest BCUT2D eigenvalue weighted by atomic mass is 10.2. The van der Waals surface area contributed by atoms with Crippen molar-refractivity contribution in [1.82, 2.24) is 4.90 Å². The van der Waals surface area contributed by atoms with Gasteiger partial charge in [-0.05, 0) is 23.5 Å². The number of likely N-dealkylation sites (tertiary alicyclic amines) is 1. The molecule has 1 saturated heterocycles. The summed E-state index contributed by atoms with van der Waals surface area (Å²) in [4.78, 5) is 47.2. The fourth-order valence-electron chi connectivity index (χ4n) is 1.64. The van der Waals surface area contributed by atoms with E-state index in [4.69, 9.17) is 0 Å². The van der Waals surface area contributed by atoms with Gasteiger partial charge in [0.1, 0.15) is 0 Å². The van der Waals surface area contributed by atoms with Crippen molar-refractivity contribution in [3.05, 3.63) is 22.6 Å². The lowest BCUT2D eigenvalue weighted by molar-refractivity contribution is -0.145. The van der Waals surface area contributed by atoms with E-state index < -0.39 is 5.97 Å². The molecule has 0 radical (unpaired) electrons. The first-order valence-corrected chi connectivity index (χ1v) is 8.85. The average Bonchev–Trinajstić information content (AvgIpc) is 2.38. The van der Waals surface area contributed by atoms with Crippen molar-refractivity contribution in [2.24, 2.45) is 0 Å². The van der Waals surface area contributed by atoms with Crippen LogP contribution in [0.3, 0.4) is 0 Å². The number of carboxylic acid groups (broad SMARTS) is 1. The maximum atomic E-state index is 11.8. The number of β-lactam (4-membered cyclic amide) rings is 1. The number of rotatable bonds is 7. The highest BCUT2D eigenvalue weighted by Gasteiger charge is 2.42. The molecule has 1 rings (SSSR count). The fourth-order valence-corrected chi connectivity index (χ4v) is 4.58. The molecular weight excluding hydrogens is 346 g/mol. The molecule has 6 nitrogen and oxygen atoms in total. The molecule has 1 amide bonds. The normalized spacial score (nSPS) is 16.7. The van der Waals surface area contributed by atoms with Gasteiger partial charge in [0, 0.05) is 19.6 Å². The van der Waals surface area contributed by atoms with Crippen LogP contribution >= 0.6 is 35.3 Å². The van der Waals surface area contributed by atoms with Crippen molar-refractivity contribution < 1.29 is 24.3 Å². The lowest BCUT2D eigenvalue weighted by Crippen LogP contribution is -2.51. The van der Waals surface area contributed by atoms with Crippen molar-refractivity contribution in [2.45, 2.75) is 25.6 Å². The first kappa shape index (κ1) is 18.9. The molecule has 22 heavy (non-hydrogen) atoms. The third-order valence-corrected chi connectivity index (χ3v) is 5.44. The minimum Gasteiger partial charge on any atom is -0.477 e. The zero-order valence-corrected chi connectivity index (χ0v) is 14.5. The number of amides is 1. The summed E-state index contributed by atoms with van der Waals surface area (Å²) in [6.07, 6.45) is 1.88. The molecule has 0 saturated carbocycles. The van der Waals surface area contributed by atoms with Crippen LogP contribution in [0.25, 0.3) is 0 Å². The quantitative estimate of drug-likeness (QED) is 0.419. The topological polar surface area (TPSA) is 91.8 Å². The van der Waals surface area contributed by atoms with Crippen molar-refractivity contribution in [1.29, 1.82) is 0 Å². The van der Waals surface area contributed by atoms with Crippen LogP contribution in [-0.2, 0) is 19.2 Å². The van der Waals surface area contributed by atoms with Crippen molar-refractivity contribution in [3.63, 3.8) is 0 Å². The second-order valence-electron chi connectivity index (χ2n) is 4.17. The van der Waals surface area contributed by atoms with E-state index in [0.29, 0.717) is 29.3 Å². The molecule has 1 aliphatic heterocycles. The van der Waals surface area contributed by atoms with Crippen LogP contribution in [0.5, 0.6) is 0 Å². The van der Waals surface area contributed by atoms with E-state index in [0.717, 1.165) is 4.90 Å². The van der Waals surface area contributed by atoms with Crippen molar-refractivity contribution in [2.75, 3.05) is 5.75 Å². The zero-order valence-electron chi connectivity index (χ0n) is 12.0. The van der Waals surface area contributed by atoms with Crippen LogP contribution in [0.1, 0.15) is 20.3 Å². The highest BCUT2D eigenvalue weighted by Crippen LogP contribution is 2.40. The summed E-state index contributed by atoms with van der Waals surface area (Å²) in [7, 11) is 0. The maximum absolute atomic E-state index is 11.8. The van der Waals surface area contributed by atoms with Crippen LogP contribution < -0.4 is 0 Å². The van der Waals surface area contributed by atoms with Crippen LogP contribution in [0.4, 0.5) is 0 Å². The SMILES string of the molecule is C=CCSC1CC(=O)N1C(C(=O)O)=C(SC(C)=O)SC(C)=O. The monoisotopic (exact) mass is 361 g/mol. The van der Waals surface area contributed by atoms with Gasteiger partial charge in [-0.3, -0.25) is 19.3 Å². The van der Waals surface area contributed by atoms with Gasteiger partial charge in [-0.2, -0.15) is 0 Å². The first-order chi connectivity index (χ1) is 10.3. The third-order valence-electron chi connectivity index (χ3n) is 2.42. The van der Waals surface area contributed by atoms with E-state index in [1.54, 1.807) is 6.08 Å². The molecule has 0 aromatic carbocycles. The summed E-state index contributed by atoms with van der Waals surface area (Å²) in [5.41, 5.74) is -0.307. The fraction of sp³-hybridized carbons (Fsp3) is 0.385. The van der Waals surface area contributed by atoms with Gasteiger partial charge in [0.05, 0.1) is 16.0 Å². The number of hydrogen-bond acceptors (Lipinski definition) is 7. The lowest BCUT2D eigenvalue weighted by Gasteiger charge is -2.40. The second kappa shape index (κ2) is 8.44. The Morgan fingerprint density at radius 2 is 1.86 bits per heavy atom. The smallest absolute Gasteiger partial charge is 0.354 e. The van der Waals surface area contributed by atoms with Crippen molar-refractivity contribution >= 4 is 57.4 Å². The van der Waals surface area contributed by atoms with Crippen LogP contribution in [0, 0.1) is 0 Å². The van der Waals surface area contributed by atoms with Gasteiger partial charge in [-0.15, -0.1) is 18.3 Å².